The van der Waals surface area contributed by atoms with Gasteiger partial charge in [0, 0.05) is 25.0 Å². The summed E-state index contributed by atoms with van der Waals surface area (Å²) in [6, 6.07) is 2.79. The molecular formula is C32H39N3O7. The summed E-state index contributed by atoms with van der Waals surface area (Å²) >= 11 is 0. The van der Waals surface area contributed by atoms with Crippen LogP contribution in [0, 0.1) is 23.7 Å². The number of fused-ring (bicyclic) bond motifs is 3. The van der Waals surface area contributed by atoms with Crippen LogP contribution in [0.2, 0.25) is 0 Å². The molecule has 2 unspecified atom stereocenters. The minimum absolute atomic E-state index is 0.0491. The summed E-state index contributed by atoms with van der Waals surface area (Å²) in [6.45, 7) is 1.73. The standard InChI is InChI=1S/C32H39N3O7/c1-34(2)26-21-15-17-14-20-19(16-10-12-35(13-11-16)18-6-4-3-5-7-18)8-9-22(36)24(20)27(37)23(17)29(39)32(21,42)30(40)25(28(26)38)31(33)41/h8-10,17-18,21,23,25-26,36,42H,3-7,11-15H2,1-2H3,(H2,33,41)/t17-,21-,23?,25?,26-,32-/m0/s1. The lowest BCUT2D eigenvalue weighted by molar-refractivity contribution is -0.181. The Hall–Kier alpha value is -3.21. The normalized spacial score (nSPS) is 34.1. The van der Waals surface area contributed by atoms with Crippen LogP contribution in [0.15, 0.2) is 18.2 Å². The number of hydrogen-bond acceptors (Lipinski definition) is 9. The number of nitrogens with two attached hydrogens (primary N) is 1. The Balaban J connectivity index is 1.37. The summed E-state index contributed by atoms with van der Waals surface area (Å²) in [5, 5.41) is 22.6. The topological polar surface area (TPSA) is 158 Å². The second-order valence-electron chi connectivity index (χ2n) is 13.0. The molecule has 0 aromatic heterocycles. The van der Waals surface area contributed by atoms with E-state index in [1.165, 1.54) is 43.1 Å². The molecule has 4 aliphatic carbocycles. The van der Waals surface area contributed by atoms with Gasteiger partial charge in [-0.15, -0.1) is 0 Å². The number of carbonyl (C=O) groups excluding carboxylic acids is 5. The van der Waals surface area contributed by atoms with Gasteiger partial charge < -0.3 is 15.9 Å². The first-order chi connectivity index (χ1) is 20.0. The van der Waals surface area contributed by atoms with Gasteiger partial charge in [0.25, 0.3) is 0 Å². The van der Waals surface area contributed by atoms with Crippen molar-refractivity contribution in [1.82, 2.24) is 9.80 Å². The second kappa shape index (κ2) is 10.5. The molecule has 4 N–H and O–H groups in total. The summed E-state index contributed by atoms with van der Waals surface area (Å²) in [7, 11) is 3.16. The number of phenols is 1. The van der Waals surface area contributed by atoms with E-state index in [0.29, 0.717) is 11.6 Å². The van der Waals surface area contributed by atoms with E-state index in [9.17, 15) is 34.2 Å². The van der Waals surface area contributed by atoms with Gasteiger partial charge in [-0.25, -0.2) is 0 Å². The Bertz CT molecular complexity index is 1410. The fourth-order valence-corrected chi connectivity index (χ4v) is 8.61. The van der Waals surface area contributed by atoms with E-state index in [2.05, 4.69) is 11.0 Å². The summed E-state index contributed by atoms with van der Waals surface area (Å²) in [5.74, 6) is -10.2. The summed E-state index contributed by atoms with van der Waals surface area (Å²) in [4.78, 5) is 70.9. The quantitative estimate of drug-likeness (QED) is 0.448. The highest BCUT2D eigenvalue weighted by atomic mass is 16.3. The van der Waals surface area contributed by atoms with Crippen LogP contribution in [-0.4, -0.2) is 93.9 Å². The van der Waals surface area contributed by atoms with Crippen molar-refractivity contribution in [3.63, 3.8) is 0 Å². The third-order valence-corrected chi connectivity index (χ3v) is 10.6. The van der Waals surface area contributed by atoms with Crippen LogP contribution in [0.25, 0.3) is 5.57 Å². The molecule has 3 saturated carbocycles. The molecule has 1 aliphatic heterocycles. The number of phenolic OH excluding ortho intramolecular Hbond substituents is 1. The number of carbonyl (C=O) groups is 5. The van der Waals surface area contributed by atoms with Crippen LogP contribution in [0.4, 0.5) is 0 Å². The van der Waals surface area contributed by atoms with Crippen molar-refractivity contribution in [3.05, 3.63) is 34.9 Å². The third kappa shape index (κ3) is 4.21. The van der Waals surface area contributed by atoms with Gasteiger partial charge in [0.2, 0.25) is 5.91 Å². The Kier molecular flexibility index (Phi) is 7.22. The number of ketones is 4. The number of amides is 1. The zero-order valence-corrected chi connectivity index (χ0v) is 24.2. The number of aliphatic hydroxyl groups is 1. The molecule has 1 heterocycles. The highest BCUT2D eigenvalue weighted by molar-refractivity contribution is 6.32. The van der Waals surface area contributed by atoms with Crippen molar-refractivity contribution < 1.29 is 34.2 Å². The van der Waals surface area contributed by atoms with Gasteiger partial charge in [-0.2, -0.15) is 0 Å². The minimum Gasteiger partial charge on any atom is -0.507 e. The van der Waals surface area contributed by atoms with Crippen LogP contribution in [0.1, 0.15) is 66.4 Å². The number of hydrogen-bond donors (Lipinski definition) is 3. The Morgan fingerprint density at radius 1 is 1.07 bits per heavy atom. The summed E-state index contributed by atoms with van der Waals surface area (Å²) in [6.07, 6.45) is 9.59. The van der Waals surface area contributed by atoms with Gasteiger partial charge in [-0.3, -0.25) is 33.8 Å². The highest BCUT2D eigenvalue weighted by Crippen LogP contribution is 2.51. The van der Waals surface area contributed by atoms with Crippen LogP contribution >= 0.6 is 0 Å². The number of Topliss-reactive ketones (excluding diaryl/α,β-unsaturated/α-hetero) is 4. The summed E-state index contributed by atoms with van der Waals surface area (Å²) < 4.78 is 0. The molecule has 0 spiro atoms. The maximum Gasteiger partial charge on any atom is 0.235 e. The molecule has 6 rings (SSSR count). The molecule has 1 aromatic rings. The molecule has 10 nitrogen and oxygen atoms in total. The highest BCUT2D eigenvalue weighted by Gasteiger charge is 2.69. The van der Waals surface area contributed by atoms with Crippen molar-refractivity contribution in [2.45, 2.75) is 69.1 Å². The molecule has 0 saturated heterocycles. The van der Waals surface area contributed by atoms with E-state index in [4.69, 9.17) is 5.73 Å². The minimum atomic E-state index is -2.71. The molecule has 0 radical (unpaired) electrons. The van der Waals surface area contributed by atoms with Crippen molar-refractivity contribution in [2.75, 3.05) is 27.2 Å². The zero-order chi connectivity index (χ0) is 30.1. The van der Waals surface area contributed by atoms with Crippen molar-refractivity contribution in [2.24, 2.45) is 29.4 Å². The molecule has 10 heteroatoms. The molecule has 42 heavy (non-hydrogen) atoms. The average molecular weight is 578 g/mol. The predicted octanol–water partition coefficient (Wildman–Crippen LogP) is 1.29. The average Bonchev–Trinajstić information content (AvgIpc) is 2.95. The fourth-order valence-electron chi connectivity index (χ4n) is 8.61. The smallest absolute Gasteiger partial charge is 0.235 e. The number of benzene rings is 1. The van der Waals surface area contributed by atoms with E-state index in [-0.39, 0.29) is 24.2 Å². The monoisotopic (exact) mass is 577 g/mol. The molecule has 0 bridgehead atoms. The van der Waals surface area contributed by atoms with E-state index < -0.39 is 64.4 Å². The zero-order valence-electron chi connectivity index (χ0n) is 24.2. The molecule has 6 atom stereocenters. The molecule has 3 fully saturated rings. The largest absolute Gasteiger partial charge is 0.507 e. The maximum absolute atomic E-state index is 14.0. The fraction of sp³-hybridized carbons (Fsp3) is 0.594. The van der Waals surface area contributed by atoms with Crippen LogP contribution in [-0.2, 0) is 25.6 Å². The first-order valence-corrected chi connectivity index (χ1v) is 15.1. The number of nitrogens with zero attached hydrogens (tertiary/aromatic N) is 2. The van der Waals surface area contributed by atoms with Crippen LogP contribution in [0.5, 0.6) is 5.75 Å². The van der Waals surface area contributed by atoms with Gasteiger partial charge in [0.1, 0.15) is 5.75 Å². The second-order valence-corrected chi connectivity index (χ2v) is 13.0. The van der Waals surface area contributed by atoms with E-state index in [1.807, 2.05) is 6.07 Å². The maximum atomic E-state index is 14.0. The lowest BCUT2D eigenvalue weighted by Crippen LogP contribution is -2.74. The van der Waals surface area contributed by atoms with Gasteiger partial charge in [-0.05, 0) is 74.9 Å². The third-order valence-electron chi connectivity index (χ3n) is 10.6. The number of likely N-dealkylation sites (N-methyl/N-ethyl adjacent to an activating group) is 1. The lowest BCUT2D eigenvalue weighted by Gasteiger charge is -2.52. The number of primary amides is 1. The van der Waals surface area contributed by atoms with Crippen molar-refractivity contribution >= 4 is 34.6 Å². The van der Waals surface area contributed by atoms with Crippen LogP contribution < -0.4 is 5.73 Å². The van der Waals surface area contributed by atoms with Gasteiger partial charge in [0.15, 0.2) is 34.7 Å². The van der Waals surface area contributed by atoms with Crippen molar-refractivity contribution in [3.8, 4) is 5.75 Å². The number of rotatable bonds is 4. The van der Waals surface area contributed by atoms with E-state index in [1.54, 1.807) is 14.1 Å². The Labute approximate surface area is 244 Å². The molecule has 1 amide bonds. The molecule has 224 valence electrons. The van der Waals surface area contributed by atoms with Gasteiger partial charge in [0.05, 0.1) is 17.5 Å². The van der Waals surface area contributed by atoms with E-state index in [0.717, 1.165) is 30.6 Å². The molecule has 5 aliphatic rings. The molecular weight excluding hydrogens is 538 g/mol. The Morgan fingerprint density at radius 3 is 2.40 bits per heavy atom. The first-order valence-electron chi connectivity index (χ1n) is 15.1. The van der Waals surface area contributed by atoms with Crippen LogP contribution in [0.3, 0.4) is 0 Å². The number of aromatic hydroxyl groups is 1. The SMILES string of the molecule is CN(C)[C@@H]1C(=O)C(C(N)=O)C(=O)[C@@]2(O)C(=O)C3C(=O)c4c(O)ccc(C5=CCN(C6CCCCC6)CC5)c4C[C@H]3C[C@@H]12. The van der Waals surface area contributed by atoms with Crippen molar-refractivity contribution in [1.29, 1.82) is 0 Å². The van der Waals surface area contributed by atoms with Gasteiger partial charge in [-0.1, -0.05) is 31.4 Å². The Morgan fingerprint density at radius 2 is 1.79 bits per heavy atom. The first kappa shape index (κ1) is 28.9. The van der Waals surface area contributed by atoms with Gasteiger partial charge >= 0.3 is 0 Å². The molecule has 1 aromatic carbocycles. The lowest BCUT2D eigenvalue weighted by atomic mass is 9.52. The van der Waals surface area contributed by atoms with E-state index >= 15 is 0 Å². The predicted molar refractivity (Wildman–Crippen MR) is 152 cm³/mol. The summed E-state index contributed by atoms with van der Waals surface area (Å²) in [5.41, 5.74) is 5.37.